The predicted molar refractivity (Wildman–Crippen MR) is 115 cm³/mol. The summed E-state index contributed by atoms with van der Waals surface area (Å²) < 4.78 is 11.1. The molecule has 0 radical (unpaired) electrons. The summed E-state index contributed by atoms with van der Waals surface area (Å²) in [5.41, 5.74) is 3.32. The van der Waals surface area contributed by atoms with Crippen molar-refractivity contribution in [1.82, 2.24) is 0 Å². The molecule has 144 valence electrons. The molecule has 1 atom stereocenters. The largest absolute Gasteiger partial charge is 0.493 e. The number of fused-ring (bicyclic) bond motifs is 1. The van der Waals surface area contributed by atoms with Gasteiger partial charge in [-0.05, 0) is 25.0 Å². The minimum absolute atomic E-state index is 0.0364. The number of nitrogens with zero attached hydrogens (tertiary/aromatic N) is 1. The van der Waals surface area contributed by atoms with Crippen molar-refractivity contribution >= 4 is 17.5 Å². The van der Waals surface area contributed by atoms with E-state index in [1.54, 1.807) is 14.2 Å². The number of benzene rings is 2. The zero-order valence-corrected chi connectivity index (χ0v) is 17.6. The SMILES string of the molecule is CCCCC1(CC)CSc2cc(OC)c(OC)cc2C(c2ccccc2)=N1. The van der Waals surface area contributed by atoms with Crippen molar-refractivity contribution in [2.75, 3.05) is 20.0 Å². The summed E-state index contributed by atoms with van der Waals surface area (Å²) in [7, 11) is 3.38. The topological polar surface area (TPSA) is 30.8 Å². The summed E-state index contributed by atoms with van der Waals surface area (Å²) in [6.45, 7) is 4.51. The van der Waals surface area contributed by atoms with Crippen LogP contribution in [-0.2, 0) is 0 Å². The molecule has 2 aromatic carbocycles. The summed E-state index contributed by atoms with van der Waals surface area (Å²) in [5.74, 6) is 2.51. The van der Waals surface area contributed by atoms with E-state index in [0.717, 1.165) is 46.9 Å². The van der Waals surface area contributed by atoms with E-state index in [1.807, 2.05) is 11.8 Å². The molecule has 0 bridgehead atoms. The first-order valence-corrected chi connectivity index (χ1v) is 10.7. The third-order valence-corrected chi connectivity index (χ3v) is 6.62. The molecule has 4 heteroatoms. The highest BCUT2D eigenvalue weighted by molar-refractivity contribution is 7.99. The third kappa shape index (κ3) is 4.16. The predicted octanol–water partition coefficient (Wildman–Crippen LogP) is 5.99. The van der Waals surface area contributed by atoms with Crippen molar-refractivity contribution in [3.05, 3.63) is 53.6 Å². The lowest BCUT2D eigenvalue weighted by Crippen LogP contribution is -2.29. The van der Waals surface area contributed by atoms with E-state index in [9.17, 15) is 0 Å². The number of hydrogen-bond donors (Lipinski definition) is 0. The summed E-state index contributed by atoms with van der Waals surface area (Å²) in [6, 6.07) is 14.7. The van der Waals surface area contributed by atoms with Crippen LogP contribution in [0.4, 0.5) is 0 Å². The average Bonchev–Trinajstić information content (AvgIpc) is 2.89. The van der Waals surface area contributed by atoms with Crippen LogP contribution in [0, 0.1) is 0 Å². The maximum atomic E-state index is 5.58. The van der Waals surface area contributed by atoms with Gasteiger partial charge in [-0.15, -0.1) is 11.8 Å². The molecule has 0 spiro atoms. The summed E-state index contributed by atoms with van der Waals surface area (Å²) in [4.78, 5) is 6.62. The van der Waals surface area contributed by atoms with Gasteiger partial charge < -0.3 is 9.47 Å². The van der Waals surface area contributed by atoms with E-state index in [2.05, 4.69) is 56.3 Å². The van der Waals surface area contributed by atoms with Crippen LogP contribution in [0.5, 0.6) is 11.5 Å². The number of hydrogen-bond acceptors (Lipinski definition) is 4. The average molecular weight is 384 g/mol. The van der Waals surface area contributed by atoms with E-state index in [0.29, 0.717) is 0 Å². The van der Waals surface area contributed by atoms with E-state index in [-0.39, 0.29) is 5.54 Å². The zero-order chi connectivity index (χ0) is 19.3. The molecule has 0 N–H and O–H groups in total. The van der Waals surface area contributed by atoms with Gasteiger partial charge in [-0.25, -0.2) is 0 Å². The minimum Gasteiger partial charge on any atom is -0.493 e. The van der Waals surface area contributed by atoms with Crippen molar-refractivity contribution in [3.63, 3.8) is 0 Å². The molecule has 1 aliphatic rings. The molecule has 1 unspecified atom stereocenters. The van der Waals surface area contributed by atoms with Gasteiger partial charge in [0.2, 0.25) is 0 Å². The van der Waals surface area contributed by atoms with Gasteiger partial charge in [0.1, 0.15) is 0 Å². The van der Waals surface area contributed by atoms with E-state index >= 15 is 0 Å². The Kier molecular flexibility index (Phi) is 6.48. The van der Waals surface area contributed by atoms with Crippen LogP contribution >= 0.6 is 11.8 Å². The van der Waals surface area contributed by atoms with E-state index in [1.165, 1.54) is 17.7 Å². The van der Waals surface area contributed by atoms with Crippen LogP contribution < -0.4 is 9.47 Å². The van der Waals surface area contributed by atoms with Crippen LogP contribution in [0.1, 0.15) is 50.7 Å². The fourth-order valence-electron chi connectivity index (χ4n) is 3.51. The number of rotatable bonds is 7. The van der Waals surface area contributed by atoms with Gasteiger partial charge in [-0.3, -0.25) is 4.99 Å². The third-order valence-electron chi connectivity index (χ3n) is 5.29. The van der Waals surface area contributed by atoms with Crippen molar-refractivity contribution < 1.29 is 9.47 Å². The lowest BCUT2D eigenvalue weighted by molar-refractivity contribution is 0.354. The van der Waals surface area contributed by atoms with Crippen molar-refractivity contribution in [2.24, 2.45) is 4.99 Å². The number of unbranched alkanes of at least 4 members (excludes halogenated alkanes) is 1. The Bertz CT molecular complexity index is 804. The van der Waals surface area contributed by atoms with Gasteiger partial charge in [0.25, 0.3) is 0 Å². The van der Waals surface area contributed by atoms with Crippen molar-refractivity contribution in [3.8, 4) is 11.5 Å². The van der Waals surface area contributed by atoms with Crippen LogP contribution in [0.2, 0.25) is 0 Å². The van der Waals surface area contributed by atoms with Gasteiger partial charge in [0.15, 0.2) is 11.5 Å². The quantitative estimate of drug-likeness (QED) is 0.589. The molecule has 0 saturated heterocycles. The Hall–Kier alpha value is -1.94. The van der Waals surface area contributed by atoms with Crippen LogP contribution in [-0.4, -0.2) is 31.2 Å². The highest BCUT2D eigenvalue weighted by Crippen LogP contribution is 2.42. The Balaban J connectivity index is 2.19. The molecule has 2 aromatic rings. The van der Waals surface area contributed by atoms with Crippen molar-refractivity contribution in [1.29, 1.82) is 0 Å². The normalized spacial score (nSPS) is 19.0. The molecule has 1 heterocycles. The molecular formula is C23H29NO2S. The summed E-state index contributed by atoms with van der Waals surface area (Å²) in [6.07, 6.45) is 4.55. The molecule has 3 nitrogen and oxygen atoms in total. The Morgan fingerprint density at radius 2 is 1.74 bits per heavy atom. The first kappa shape index (κ1) is 19.8. The Morgan fingerprint density at radius 1 is 1.04 bits per heavy atom. The second-order valence-electron chi connectivity index (χ2n) is 7.00. The Labute approximate surface area is 167 Å². The number of thioether (sulfide) groups is 1. The fourth-order valence-corrected chi connectivity index (χ4v) is 4.85. The smallest absolute Gasteiger partial charge is 0.161 e. The molecule has 0 aliphatic carbocycles. The summed E-state index contributed by atoms with van der Waals surface area (Å²) in [5, 5.41) is 0. The highest BCUT2D eigenvalue weighted by Gasteiger charge is 2.32. The molecule has 27 heavy (non-hydrogen) atoms. The van der Waals surface area contributed by atoms with Crippen molar-refractivity contribution in [2.45, 2.75) is 50.0 Å². The first-order valence-electron chi connectivity index (χ1n) is 9.71. The molecule has 0 aromatic heterocycles. The lowest BCUT2D eigenvalue weighted by Gasteiger charge is -2.28. The zero-order valence-electron chi connectivity index (χ0n) is 16.7. The van der Waals surface area contributed by atoms with E-state index < -0.39 is 0 Å². The maximum Gasteiger partial charge on any atom is 0.161 e. The van der Waals surface area contributed by atoms with Gasteiger partial charge in [-0.1, -0.05) is 57.0 Å². The molecule has 3 rings (SSSR count). The maximum absolute atomic E-state index is 5.58. The Morgan fingerprint density at radius 3 is 2.37 bits per heavy atom. The lowest BCUT2D eigenvalue weighted by atomic mass is 9.91. The van der Waals surface area contributed by atoms with Gasteiger partial charge in [-0.2, -0.15) is 0 Å². The van der Waals surface area contributed by atoms with Crippen LogP contribution in [0.15, 0.2) is 52.4 Å². The monoisotopic (exact) mass is 383 g/mol. The molecule has 0 fully saturated rings. The number of methoxy groups -OCH3 is 2. The standard InChI is InChI=1S/C23H29NO2S/c1-5-7-13-23(6-2)16-27-21-15-20(26-4)19(25-3)14-18(21)22(24-23)17-11-9-8-10-12-17/h8-12,14-15H,5-7,13,16H2,1-4H3. The number of aliphatic imine (C=N–C) groups is 1. The molecule has 0 saturated carbocycles. The van der Waals surface area contributed by atoms with Crippen LogP contribution in [0.3, 0.4) is 0 Å². The van der Waals surface area contributed by atoms with Gasteiger partial charge in [0.05, 0.1) is 25.5 Å². The van der Waals surface area contributed by atoms with Gasteiger partial charge >= 0.3 is 0 Å². The fraction of sp³-hybridized carbons (Fsp3) is 0.435. The highest BCUT2D eigenvalue weighted by atomic mass is 32.2. The van der Waals surface area contributed by atoms with E-state index in [4.69, 9.17) is 14.5 Å². The minimum atomic E-state index is -0.0364. The second kappa shape index (κ2) is 8.83. The molecule has 1 aliphatic heterocycles. The second-order valence-corrected chi connectivity index (χ2v) is 8.02. The first-order chi connectivity index (χ1) is 13.2. The van der Waals surface area contributed by atoms with Gasteiger partial charge in [0, 0.05) is 21.8 Å². The number of ether oxygens (including phenoxy) is 2. The molecule has 0 amide bonds. The summed E-state index contributed by atoms with van der Waals surface area (Å²) >= 11 is 1.89. The molecular weight excluding hydrogens is 354 g/mol. The van der Waals surface area contributed by atoms with Crippen LogP contribution in [0.25, 0.3) is 0 Å².